The van der Waals surface area contributed by atoms with Crippen LogP contribution in [0.2, 0.25) is 5.15 Å². The number of amides is 1. The Balaban J connectivity index is 2.14. The predicted molar refractivity (Wildman–Crippen MR) is 81.0 cm³/mol. The molecule has 0 aliphatic carbocycles. The number of aromatic nitrogens is 1. The third kappa shape index (κ3) is 4.14. The molecule has 0 unspecified atom stereocenters. The molecule has 0 spiro atoms. The van der Waals surface area contributed by atoms with E-state index >= 15 is 0 Å². The molecule has 6 heteroatoms. The van der Waals surface area contributed by atoms with E-state index in [4.69, 9.17) is 11.6 Å². The van der Waals surface area contributed by atoms with Gasteiger partial charge in [-0.15, -0.1) is 0 Å². The fourth-order valence-electron chi connectivity index (χ4n) is 3.27. The molecule has 1 aliphatic rings. The number of nitrogens with zero attached hydrogens (tertiary/aromatic N) is 1. The van der Waals surface area contributed by atoms with Crippen molar-refractivity contribution >= 4 is 17.5 Å². The van der Waals surface area contributed by atoms with Crippen molar-refractivity contribution in [2.75, 3.05) is 0 Å². The Morgan fingerprint density at radius 2 is 1.95 bits per heavy atom. The first kappa shape index (κ1) is 16.2. The average Bonchev–Trinajstić information content (AvgIpc) is 2.27. The van der Waals surface area contributed by atoms with Gasteiger partial charge < -0.3 is 10.6 Å². The zero-order chi connectivity index (χ0) is 15.8. The van der Waals surface area contributed by atoms with Gasteiger partial charge in [0.15, 0.2) is 0 Å². The molecule has 4 nitrogen and oxygen atoms in total. The molecule has 0 saturated carbocycles. The number of carbonyl (C=O) groups excluding carboxylic acids is 1. The quantitative estimate of drug-likeness (QED) is 0.825. The zero-order valence-electron chi connectivity index (χ0n) is 12.8. The van der Waals surface area contributed by atoms with Gasteiger partial charge in [0, 0.05) is 17.1 Å². The lowest BCUT2D eigenvalue weighted by Gasteiger charge is -2.46. The van der Waals surface area contributed by atoms with Crippen LogP contribution in [0.5, 0.6) is 0 Å². The van der Waals surface area contributed by atoms with Crippen LogP contribution in [0.15, 0.2) is 12.3 Å². The highest BCUT2D eigenvalue weighted by Crippen LogP contribution is 2.28. The van der Waals surface area contributed by atoms with E-state index in [1.807, 2.05) is 0 Å². The SMILES string of the molecule is CC1(C)CC(NC(=O)c2cc(F)cnc2Cl)CC(C)(C)N1. The minimum atomic E-state index is -0.574. The van der Waals surface area contributed by atoms with Crippen molar-refractivity contribution in [3.8, 4) is 0 Å². The van der Waals surface area contributed by atoms with Gasteiger partial charge in [0.05, 0.1) is 11.8 Å². The standard InChI is InChI=1S/C15H21ClFN3O/c1-14(2)6-10(7-15(3,4)20-14)19-13(21)11-5-9(17)8-18-12(11)16/h5,8,10,20H,6-7H2,1-4H3,(H,19,21). The van der Waals surface area contributed by atoms with Crippen molar-refractivity contribution < 1.29 is 9.18 Å². The first-order valence-electron chi connectivity index (χ1n) is 6.99. The molecule has 0 bridgehead atoms. The summed E-state index contributed by atoms with van der Waals surface area (Å²) in [5, 5.41) is 6.51. The number of pyridine rings is 1. The number of rotatable bonds is 2. The molecular weight excluding hydrogens is 293 g/mol. The Hall–Kier alpha value is -1.20. The molecule has 116 valence electrons. The molecule has 1 amide bonds. The van der Waals surface area contributed by atoms with Crippen molar-refractivity contribution in [3.63, 3.8) is 0 Å². The first-order valence-corrected chi connectivity index (χ1v) is 7.37. The fourth-order valence-corrected chi connectivity index (χ4v) is 3.46. The van der Waals surface area contributed by atoms with Crippen molar-refractivity contribution in [3.05, 3.63) is 28.8 Å². The molecule has 1 aliphatic heterocycles. The smallest absolute Gasteiger partial charge is 0.254 e. The Morgan fingerprint density at radius 1 is 1.38 bits per heavy atom. The fraction of sp³-hybridized carbons (Fsp3) is 0.600. The van der Waals surface area contributed by atoms with Gasteiger partial charge in [-0.05, 0) is 46.6 Å². The van der Waals surface area contributed by atoms with E-state index in [0.717, 1.165) is 25.1 Å². The van der Waals surface area contributed by atoms with E-state index < -0.39 is 5.82 Å². The Kier molecular flexibility index (Phi) is 4.26. The molecule has 1 saturated heterocycles. The maximum Gasteiger partial charge on any atom is 0.254 e. The summed E-state index contributed by atoms with van der Waals surface area (Å²) in [7, 11) is 0. The van der Waals surface area contributed by atoms with Crippen LogP contribution in [0.25, 0.3) is 0 Å². The summed E-state index contributed by atoms with van der Waals surface area (Å²) in [4.78, 5) is 16.0. The second-order valence-corrected chi connectivity index (χ2v) is 7.32. The van der Waals surface area contributed by atoms with Gasteiger partial charge in [0.1, 0.15) is 11.0 Å². The summed E-state index contributed by atoms with van der Waals surface area (Å²) in [5.41, 5.74) is -0.0845. The zero-order valence-corrected chi connectivity index (χ0v) is 13.5. The average molecular weight is 314 g/mol. The van der Waals surface area contributed by atoms with E-state index in [2.05, 4.69) is 43.3 Å². The van der Waals surface area contributed by atoms with Crippen LogP contribution < -0.4 is 10.6 Å². The lowest BCUT2D eigenvalue weighted by atomic mass is 9.79. The van der Waals surface area contributed by atoms with Crippen LogP contribution in [0, 0.1) is 5.82 Å². The number of piperidine rings is 1. The molecule has 0 aromatic carbocycles. The van der Waals surface area contributed by atoms with Crippen LogP contribution >= 0.6 is 11.6 Å². The summed E-state index contributed by atoms with van der Waals surface area (Å²) in [6.45, 7) is 8.40. The van der Waals surface area contributed by atoms with Gasteiger partial charge in [-0.25, -0.2) is 9.37 Å². The highest BCUT2D eigenvalue weighted by Gasteiger charge is 2.38. The van der Waals surface area contributed by atoms with Crippen LogP contribution in [0.1, 0.15) is 50.9 Å². The van der Waals surface area contributed by atoms with Gasteiger partial charge >= 0.3 is 0 Å². The van der Waals surface area contributed by atoms with E-state index in [9.17, 15) is 9.18 Å². The second kappa shape index (κ2) is 5.54. The number of carbonyl (C=O) groups is 1. The normalized spacial score (nSPS) is 21.0. The number of halogens is 2. The minimum absolute atomic E-state index is 0.00286. The second-order valence-electron chi connectivity index (χ2n) is 6.96. The summed E-state index contributed by atoms with van der Waals surface area (Å²) in [5.74, 6) is -0.957. The maximum absolute atomic E-state index is 13.2. The van der Waals surface area contributed by atoms with Crippen molar-refractivity contribution in [1.82, 2.24) is 15.6 Å². The van der Waals surface area contributed by atoms with Crippen molar-refractivity contribution in [2.45, 2.75) is 57.7 Å². The topological polar surface area (TPSA) is 54.0 Å². The Labute approximate surface area is 129 Å². The molecule has 21 heavy (non-hydrogen) atoms. The van der Waals surface area contributed by atoms with E-state index in [-0.39, 0.29) is 33.7 Å². The molecule has 2 heterocycles. The number of nitrogens with one attached hydrogen (secondary N) is 2. The van der Waals surface area contributed by atoms with Crippen LogP contribution in [0.4, 0.5) is 4.39 Å². The lowest BCUT2D eigenvalue weighted by molar-refractivity contribution is 0.0872. The highest BCUT2D eigenvalue weighted by molar-refractivity contribution is 6.32. The van der Waals surface area contributed by atoms with E-state index in [0.29, 0.717) is 0 Å². The van der Waals surface area contributed by atoms with Gasteiger partial charge in [0.25, 0.3) is 5.91 Å². The molecule has 0 atom stereocenters. The summed E-state index contributed by atoms with van der Waals surface area (Å²) in [6.07, 6.45) is 2.58. The van der Waals surface area contributed by atoms with Crippen LogP contribution in [-0.4, -0.2) is 28.0 Å². The van der Waals surface area contributed by atoms with E-state index in [1.54, 1.807) is 0 Å². The third-order valence-electron chi connectivity index (χ3n) is 3.58. The van der Waals surface area contributed by atoms with Crippen LogP contribution in [-0.2, 0) is 0 Å². The van der Waals surface area contributed by atoms with Gasteiger partial charge in [-0.3, -0.25) is 4.79 Å². The molecule has 1 aromatic heterocycles. The molecule has 2 rings (SSSR count). The predicted octanol–water partition coefficient (Wildman–Crippen LogP) is 2.91. The van der Waals surface area contributed by atoms with Gasteiger partial charge in [-0.2, -0.15) is 0 Å². The maximum atomic E-state index is 13.2. The molecule has 2 N–H and O–H groups in total. The molecular formula is C15H21ClFN3O. The number of hydrogen-bond acceptors (Lipinski definition) is 3. The van der Waals surface area contributed by atoms with Gasteiger partial charge in [0.2, 0.25) is 0 Å². The lowest BCUT2D eigenvalue weighted by Crippen LogP contribution is -2.62. The molecule has 0 radical (unpaired) electrons. The first-order chi connectivity index (χ1) is 9.58. The Bertz CT molecular complexity index is 544. The largest absolute Gasteiger partial charge is 0.349 e. The number of hydrogen-bond donors (Lipinski definition) is 2. The monoisotopic (exact) mass is 313 g/mol. The Morgan fingerprint density at radius 3 is 2.52 bits per heavy atom. The molecule has 1 aromatic rings. The summed E-state index contributed by atoms with van der Waals surface area (Å²) >= 11 is 5.87. The van der Waals surface area contributed by atoms with E-state index in [1.165, 1.54) is 0 Å². The summed E-state index contributed by atoms with van der Waals surface area (Å²) < 4.78 is 13.2. The molecule has 1 fully saturated rings. The highest BCUT2D eigenvalue weighted by atomic mass is 35.5. The van der Waals surface area contributed by atoms with Crippen LogP contribution in [0.3, 0.4) is 0 Å². The third-order valence-corrected chi connectivity index (χ3v) is 3.88. The van der Waals surface area contributed by atoms with Crippen molar-refractivity contribution in [2.24, 2.45) is 0 Å². The summed E-state index contributed by atoms with van der Waals surface area (Å²) in [6, 6.07) is 1.12. The van der Waals surface area contributed by atoms with Gasteiger partial charge in [-0.1, -0.05) is 11.6 Å². The minimum Gasteiger partial charge on any atom is -0.349 e. The van der Waals surface area contributed by atoms with Crippen molar-refractivity contribution in [1.29, 1.82) is 0 Å².